The number of rotatable bonds is 8. The minimum atomic E-state index is -4.81. The van der Waals surface area contributed by atoms with E-state index >= 15 is 4.39 Å². The molecule has 194 valence electrons. The van der Waals surface area contributed by atoms with Crippen molar-refractivity contribution < 1.29 is 36.9 Å². The fraction of sp³-hybridized carbons (Fsp3) is 0.381. The Morgan fingerprint density at radius 3 is 2.50 bits per heavy atom. The number of hydrogen-bond acceptors (Lipinski definition) is 8. The number of halogens is 4. The monoisotopic (exact) mass is 514 g/mol. The van der Waals surface area contributed by atoms with Crippen LogP contribution in [0.3, 0.4) is 0 Å². The maximum Gasteiger partial charge on any atom is 0.422 e. The average Bonchev–Trinajstić information content (AvgIpc) is 3.15. The van der Waals surface area contributed by atoms with Crippen molar-refractivity contribution >= 4 is 11.6 Å². The fourth-order valence-corrected chi connectivity index (χ4v) is 3.34. The highest BCUT2D eigenvalue weighted by atomic mass is 19.4. The van der Waals surface area contributed by atoms with E-state index < -0.39 is 54.1 Å². The Morgan fingerprint density at radius 1 is 1.25 bits per heavy atom. The van der Waals surface area contributed by atoms with Crippen LogP contribution in [-0.4, -0.2) is 55.2 Å². The number of alkyl halides is 3. The summed E-state index contributed by atoms with van der Waals surface area (Å²) in [7, 11) is 1.36. The van der Waals surface area contributed by atoms with Crippen molar-refractivity contribution in [2.45, 2.75) is 40.1 Å². The summed E-state index contributed by atoms with van der Waals surface area (Å²) in [6, 6.07) is 0.586. The van der Waals surface area contributed by atoms with Gasteiger partial charge in [0.25, 0.3) is 5.91 Å². The van der Waals surface area contributed by atoms with Gasteiger partial charge in [0.1, 0.15) is 12.2 Å². The Hall–Kier alpha value is -4.01. The van der Waals surface area contributed by atoms with Gasteiger partial charge < -0.3 is 19.9 Å². The summed E-state index contributed by atoms with van der Waals surface area (Å²) >= 11 is 0. The van der Waals surface area contributed by atoms with Crippen LogP contribution in [0.15, 0.2) is 17.1 Å². The minimum Gasteiger partial charge on any atom is -0.481 e. The molecule has 11 nitrogen and oxygen atoms in total. The van der Waals surface area contributed by atoms with Gasteiger partial charge in [-0.25, -0.2) is 14.2 Å². The van der Waals surface area contributed by atoms with Gasteiger partial charge in [-0.15, -0.1) is 5.10 Å². The van der Waals surface area contributed by atoms with Crippen LogP contribution in [0.1, 0.15) is 34.2 Å². The van der Waals surface area contributed by atoms with E-state index in [9.17, 15) is 27.9 Å². The number of nitrogens with zero attached hydrogens (tertiary/aromatic N) is 5. The van der Waals surface area contributed by atoms with Gasteiger partial charge >= 0.3 is 11.9 Å². The number of aryl methyl sites for hydroxylation is 1. The molecule has 36 heavy (non-hydrogen) atoms. The molecular formula is C21H22F4N6O5. The van der Waals surface area contributed by atoms with Crippen molar-refractivity contribution in [1.82, 2.24) is 24.3 Å². The van der Waals surface area contributed by atoms with E-state index in [1.54, 1.807) is 20.8 Å². The van der Waals surface area contributed by atoms with Gasteiger partial charge in [-0.2, -0.15) is 22.8 Å². The molecule has 0 unspecified atom stereocenters. The molecule has 0 aliphatic carbocycles. The van der Waals surface area contributed by atoms with Gasteiger partial charge in [0, 0.05) is 18.3 Å². The van der Waals surface area contributed by atoms with Crippen LogP contribution in [0.4, 0.5) is 23.2 Å². The fourth-order valence-electron chi connectivity index (χ4n) is 3.34. The van der Waals surface area contributed by atoms with Gasteiger partial charge in [0.2, 0.25) is 11.8 Å². The molecule has 0 spiro atoms. The number of aromatic nitrogens is 5. The number of carbonyl (C=O) groups excluding carboxylic acids is 1. The van der Waals surface area contributed by atoms with Crippen LogP contribution in [0.2, 0.25) is 0 Å². The zero-order valence-corrected chi connectivity index (χ0v) is 19.6. The zero-order valence-electron chi connectivity index (χ0n) is 19.6. The largest absolute Gasteiger partial charge is 0.481 e. The number of amides is 1. The van der Waals surface area contributed by atoms with Crippen molar-refractivity contribution in [3.05, 3.63) is 51.1 Å². The Morgan fingerprint density at radius 2 is 1.94 bits per heavy atom. The standard InChI is InChI=1S/C21H22F4N6O5/c1-5-30-14(8-32)29-31(20(30)34)16-13(22)6-12(19(28-16)36-9-21(23,24)25)17(33)27-15-10(2)7-26-18(35-4)11(15)3/h6-7,32H,5,8-9H2,1-4H3,(H,26,27,33). The summed E-state index contributed by atoms with van der Waals surface area (Å²) in [6.45, 7) is 2.35. The number of aliphatic hydroxyl groups is 1. The molecule has 3 aromatic rings. The molecular weight excluding hydrogens is 492 g/mol. The lowest BCUT2D eigenvalue weighted by atomic mass is 10.1. The van der Waals surface area contributed by atoms with E-state index in [1.165, 1.54) is 13.3 Å². The molecule has 0 aliphatic heterocycles. The van der Waals surface area contributed by atoms with Crippen molar-refractivity contribution in [1.29, 1.82) is 0 Å². The molecule has 2 N–H and O–H groups in total. The second-order valence-corrected chi connectivity index (χ2v) is 7.47. The van der Waals surface area contributed by atoms with Crippen LogP contribution in [-0.2, 0) is 13.2 Å². The summed E-state index contributed by atoms with van der Waals surface area (Å²) in [5.41, 5.74) is -0.411. The molecule has 0 fully saturated rings. The van der Waals surface area contributed by atoms with E-state index in [4.69, 9.17) is 9.47 Å². The van der Waals surface area contributed by atoms with Crippen molar-refractivity contribution in [2.75, 3.05) is 19.0 Å². The SMILES string of the molecule is CCn1c(CO)nn(-c2nc(OCC(F)(F)F)c(C(=O)Nc3c(C)cnc(OC)c3C)cc2F)c1=O. The Bertz CT molecular complexity index is 1350. The molecule has 3 rings (SSSR count). The summed E-state index contributed by atoms with van der Waals surface area (Å²) in [6.07, 6.45) is -3.40. The molecule has 1 amide bonds. The maximum atomic E-state index is 15.1. The van der Waals surface area contributed by atoms with Crippen molar-refractivity contribution in [3.8, 4) is 17.6 Å². The lowest BCUT2D eigenvalue weighted by molar-refractivity contribution is -0.154. The van der Waals surface area contributed by atoms with E-state index in [2.05, 4.69) is 20.4 Å². The Kier molecular flexibility index (Phi) is 7.62. The molecule has 0 saturated heterocycles. The van der Waals surface area contributed by atoms with Crippen LogP contribution in [0.5, 0.6) is 11.8 Å². The number of carbonyl (C=O) groups is 1. The highest BCUT2D eigenvalue weighted by molar-refractivity contribution is 6.06. The first-order chi connectivity index (χ1) is 16.9. The molecule has 0 atom stereocenters. The summed E-state index contributed by atoms with van der Waals surface area (Å²) < 4.78 is 65.0. The third-order valence-corrected chi connectivity index (χ3v) is 5.03. The number of ether oxygens (including phenoxy) is 2. The molecule has 3 heterocycles. The number of anilines is 1. The highest BCUT2D eigenvalue weighted by Crippen LogP contribution is 2.29. The highest BCUT2D eigenvalue weighted by Gasteiger charge is 2.31. The summed E-state index contributed by atoms with van der Waals surface area (Å²) in [5.74, 6) is -3.91. The van der Waals surface area contributed by atoms with Gasteiger partial charge in [-0.1, -0.05) is 0 Å². The van der Waals surface area contributed by atoms with Crippen molar-refractivity contribution in [2.24, 2.45) is 0 Å². The van der Waals surface area contributed by atoms with E-state index in [-0.39, 0.29) is 23.9 Å². The lowest BCUT2D eigenvalue weighted by Gasteiger charge is -2.16. The normalized spacial score (nSPS) is 11.5. The molecule has 0 aromatic carbocycles. The predicted molar refractivity (Wildman–Crippen MR) is 117 cm³/mol. The number of aliphatic hydroxyl groups excluding tert-OH is 1. The molecule has 0 aliphatic rings. The quantitative estimate of drug-likeness (QED) is 0.438. The van der Waals surface area contributed by atoms with E-state index in [0.29, 0.717) is 21.9 Å². The van der Waals surface area contributed by atoms with Crippen LogP contribution >= 0.6 is 0 Å². The number of pyridine rings is 2. The third-order valence-electron chi connectivity index (χ3n) is 5.03. The molecule has 3 aromatic heterocycles. The summed E-state index contributed by atoms with van der Waals surface area (Å²) in [5, 5.41) is 15.7. The second-order valence-electron chi connectivity index (χ2n) is 7.47. The zero-order chi connectivity index (χ0) is 26.8. The molecule has 15 heteroatoms. The first kappa shape index (κ1) is 26.6. The number of hydrogen-bond donors (Lipinski definition) is 2. The van der Waals surface area contributed by atoms with Gasteiger partial charge in [-0.05, 0) is 32.4 Å². The maximum absolute atomic E-state index is 15.1. The van der Waals surface area contributed by atoms with Gasteiger partial charge in [0.05, 0.1) is 12.8 Å². The second kappa shape index (κ2) is 10.3. The predicted octanol–water partition coefficient (Wildman–Crippen LogP) is 2.29. The summed E-state index contributed by atoms with van der Waals surface area (Å²) in [4.78, 5) is 33.3. The van der Waals surface area contributed by atoms with Crippen molar-refractivity contribution in [3.63, 3.8) is 0 Å². The van der Waals surface area contributed by atoms with E-state index in [0.717, 1.165) is 4.57 Å². The van der Waals surface area contributed by atoms with Gasteiger partial charge in [0.15, 0.2) is 24.1 Å². The van der Waals surface area contributed by atoms with Crippen LogP contribution < -0.4 is 20.5 Å². The molecule has 0 bridgehead atoms. The average molecular weight is 514 g/mol. The first-order valence-electron chi connectivity index (χ1n) is 10.4. The molecule has 0 saturated carbocycles. The number of nitrogens with one attached hydrogen (secondary N) is 1. The third kappa shape index (κ3) is 5.30. The first-order valence-corrected chi connectivity index (χ1v) is 10.4. The minimum absolute atomic E-state index is 0.0718. The number of methoxy groups -OCH3 is 1. The lowest BCUT2D eigenvalue weighted by Crippen LogP contribution is -2.27. The Labute approximate surface area is 201 Å². The van der Waals surface area contributed by atoms with E-state index in [1.807, 2.05) is 0 Å². The van der Waals surface area contributed by atoms with Gasteiger partial charge in [-0.3, -0.25) is 9.36 Å². The topological polar surface area (TPSA) is 133 Å². The smallest absolute Gasteiger partial charge is 0.422 e. The van der Waals surface area contributed by atoms with Crippen LogP contribution in [0.25, 0.3) is 5.82 Å². The van der Waals surface area contributed by atoms with Crippen LogP contribution in [0, 0.1) is 19.7 Å². The molecule has 0 radical (unpaired) electrons. The Balaban J connectivity index is 2.13.